The number of hydrogen-bond acceptors (Lipinski definition) is 2. The molecule has 2 heteroatoms. The van der Waals surface area contributed by atoms with E-state index in [1.54, 1.807) is 0 Å². The van der Waals surface area contributed by atoms with Crippen molar-refractivity contribution < 1.29 is 4.74 Å². The molecule has 0 radical (unpaired) electrons. The molecule has 2 bridgehead atoms. The fraction of sp³-hybridized carbons (Fsp3) is 0.636. The molecule has 0 spiro atoms. The van der Waals surface area contributed by atoms with Crippen LogP contribution in [0.15, 0.2) is 24.4 Å². The van der Waals surface area contributed by atoms with Crippen molar-refractivity contribution >= 4 is 0 Å². The van der Waals surface area contributed by atoms with E-state index in [-0.39, 0.29) is 11.7 Å². The topological polar surface area (TPSA) is 21.3 Å². The highest BCUT2D eigenvalue weighted by molar-refractivity contribution is 5.22. The summed E-state index contributed by atoms with van der Waals surface area (Å²) in [4.78, 5) is 0. The summed E-state index contributed by atoms with van der Waals surface area (Å²) in [5.41, 5.74) is -0.0555. The third kappa shape index (κ3) is 1.78. The van der Waals surface area contributed by atoms with E-state index in [4.69, 9.17) is 4.74 Å². The predicted octanol–water partition coefficient (Wildman–Crippen LogP) is 1.84. The summed E-state index contributed by atoms with van der Waals surface area (Å²) >= 11 is 0. The Hall–Kier alpha value is -0.760. The zero-order chi connectivity index (χ0) is 9.47. The van der Waals surface area contributed by atoms with Gasteiger partial charge in [0.2, 0.25) is 0 Å². The molecule has 3 atom stereocenters. The Morgan fingerprint density at radius 1 is 1.15 bits per heavy atom. The van der Waals surface area contributed by atoms with Crippen LogP contribution in [-0.2, 0) is 4.74 Å². The highest BCUT2D eigenvalue weighted by Gasteiger charge is 2.35. The molecule has 0 saturated heterocycles. The molecule has 0 fully saturated rings. The molecule has 2 rings (SSSR count). The second kappa shape index (κ2) is 2.88. The van der Waals surface area contributed by atoms with Gasteiger partial charge in [0.05, 0.1) is 17.7 Å². The van der Waals surface area contributed by atoms with Crippen LogP contribution >= 0.6 is 0 Å². The van der Waals surface area contributed by atoms with E-state index < -0.39 is 0 Å². The summed E-state index contributed by atoms with van der Waals surface area (Å²) < 4.78 is 5.99. The Kier molecular flexibility index (Phi) is 1.95. The average molecular weight is 179 g/mol. The maximum atomic E-state index is 5.99. The van der Waals surface area contributed by atoms with Crippen LogP contribution < -0.4 is 5.32 Å². The number of rotatable bonds is 1. The number of ether oxygens (including phenoxy) is 1. The minimum atomic E-state index is -0.0555. The van der Waals surface area contributed by atoms with Gasteiger partial charge in [0, 0.05) is 5.92 Å². The van der Waals surface area contributed by atoms with Crippen molar-refractivity contribution in [2.45, 2.75) is 38.5 Å². The molecule has 1 aliphatic carbocycles. The van der Waals surface area contributed by atoms with E-state index in [9.17, 15) is 0 Å². The average Bonchev–Trinajstić information content (AvgIpc) is 2.29. The third-order valence-corrected chi connectivity index (χ3v) is 2.37. The van der Waals surface area contributed by atoms with Gasteiger partial charge in [-0.25, -0.2) is 0 Å². The van der Waals surface area contributed by atoms with Gasteiger partial charge < -0.3 is 10.1 Å². The molecule has 1 N–H and O–H groups in total. The quantitative estimate of drug-likeness (QED) is 0.620. The molecule has 1 heterocycles. The van der Waals surface area contributed by atoms with Gasteiger partial charge in [0.1, 0.15) is 0 Å². The van der Waals surface area contributed by atoms with Crippen LogP contribution in [0.25, 0.3) is 0 Å². The van der Waals surface area contributed by atoms with Gasteiger partial charge in [-0.3, -0.25) is 0 Å². The molecule has 0 amide bonds. The first-order valence-corrected chi connectivity index (χ1v) is 4.85. The largest absolute Gasteiger partial charge is 0.382 e. The van der Waals surface area contributed by atoms with Gasteiger partial charge >= 0.3 is 0 Å². The Morgan fingerprint density at radius 3 is 2.54 bits per heavy atom. The highest BCUT2D eigenvalue weighted by atomic mass is 16.5. The summed E-state index contributed by atoms with van der Waals surface area (Å²) in [7, 11) is 0. The standard InChI is InChI=1S/C11H17NO/c1-11(2,3)13-10-8-4-5-9(10)12-7-6-8/h4-10,12H,1-3H3/t8-,9-,10+/m1/s1. The second-order valence-electron chi connectivity index (χ2n) is 4.71. The summed E-state index contributed by atoms with van der Waals surface area (Å²) in [6, 6.07) is 0.370. The van der Waals surface area contributed by atoms with Gasteiger partial charge in [0.15, 0.2) is 0 Å². The molecular weight excluding hydrogens is 162 g/mol. The summed E-state index contributed by atoms with van der Waals surface area (Å²) in [5, 5.41) is 3.29. The van der Waals surface area contributed by atoms with Crippen molar-refractivity contribution in [1.29, 1.82) is 0 Å². The van der Waals surface area contributed by atoms with Crippen LogP contribution in [0.5, 0.6) is 0 Å². The van der Waals surface area contributed by atoms with Gasteiger partial charge in [0.25, 0.3) is 0 Å². The molecule has 1 aliphatic heterocycles. The van der Waals surface area contributed by atoms with Gasteiger partial charge in [-0.1, -0.05) is 18.2 Å². The van der Waals surface area contributed by atoms with E-state index >= 15 is 0 Å². The lowest BCUT2D eigenvalue weighted by Crippen LogP contribution is -2.44. The highest BCUT2D eigenvalue weighted by Crippen LogP contribution is 2.29. The Morgan fingerprint density at radius 2 is 1.92 bits per heavy atom. The Bertz CT molecular complexity index is 247. The molecule has 2 aliphatic rings. The molecule has 0 saturated carbocycles. The van der Waals surface area contributed by atoms with E-state index in [0.29, 0.717) is 12.0 Å². The second-order valence-corrected chi connectivity index (χ2v) is 4.71. The molecule has 13 heavy (non-hydrogen) atoms. The van der Waals surface area contributed by atoms with E-state index in [1.807, 2.05) is 6.20 Å². The molecule has 0 aromatic heterocycles. The van der Waals surface area contributed by atoms with E-state index in [1.165, 1.54) is 0 Å². The predicted molar refractivity (Wildman–Crippen MR) is 53.3 cm³/mol. The Labute approximate surface area is 79.7 Å². The third-order valence-electron chi connectivity index (χ3n) is 2.37. The fourth-order valence-corrected chi connectivity index (χ4v) is 1.87. The summed E-state index contributed by atoms with van der Waals surface area (Å²) in [6.45, 7) is 6.31. The summed E-state index contributed by atoms with van der Waals surface area (Å²) in [6.07, 6.45) is 8.89. The first-order chi connectivity index (χ1) is 6.06. The maximum absolute atomic E-state index is 5.99. The van der Waals surface area contributed by atoms with Crippen molar-refractivity contribution in [3.05, 3.63) is 24.4 Å². The SMILES string of the molecule is CC(C)(C)O[C@H]1[C@H]2C=CN[C@@H]1C=C2. The van der Waals surface area contributed by atoms with Crippen LogP contribution in [0, 0.1) is 5.92 Å². The lowest BCUT2D eigenvalue weighted by atomic mass is 10.00. The minimum absolute atomic E-state index is 0.0555. The first-order valence-electron chi connectivity index (χ1n) is 4.85. The monoisotopic (exact) mass is 179 g/mol. The van der Waals surface area contributed by atoms with Gasteiger partial charge in [-0.15, -0.1) is 0 Å². The number of fused-ring (bicyclic) bond motifs is 2. The van der Waals surface area contributed by atoms with Crippen LogP contribution in [0.4, 0.5) is 0 Å². The van der Waals surface area contributed by atoms with Crippen LogP contribution in [-0.4, -0.2) is 17.7 Å². The lowest BCUT2D eigenvalue weighted by Gasteiger charge is -2.33. The van der Waals surface area contributed by atoms with Crippen molar-refractivity contribution in [3.8, 4) is 0 Å². The molecule has 0 unspecified atom stereocenters. The lowest BCUT2D eigenvalue weighted by molar-refractivity contribution is -0.0755. The van der Waals surface area contributed by atoms with E-state index in [2.05, 4.69) is 44.3 Å². The normalized spacial score (nSPS) is 36.4. The van der Waals surface area contributed by atoms with Crippen molar-refractivity contribution in [2.24, 2.45) is 5.92 Å². The maximum Gasteiger partial charge on any atom is 0.0916 e. The van der Waals surface area contributed by atoms with Crippen molar-refractivity contribution in [3.63, 3.8) is 0 Å². The smallest absolute Gasteiger partial charge is 0.0916 e. The Balaban J connectivity index is 2.07. The van der Waals surface area contributed by atoms with Gasteiger partial charge in [-0.05, 0) is 27.0 Å². The molecule has 0 aromatic carbocycles. The minimum Gasteiger partial charge on any atom is -0.382 e. The molecular formula is C11H17NO. The molecule has 2 nitrogen and oxygen atoms in total. The van der Waals surface area contributed by atoms with Crippen molar-refractivity contribution in [2.75, 3.05) is 0 Å². The van der Waals surface area contributed by atoms with Crippen LogP contribution in [0.2, 0.25) is 0 Å². The molecule has 0 aromatic rings. The molecule has 72 valence electrons. The van der Waals surface area contributed by atoms with E-state index in [0.717, 1.165) is 0 Å². The fourth-order valence-electron chi connectivity index (χ4n) is 1.87. The summed E-state index contributed by atoms with van der Waals surface area (Å²) in [5.74, 6) is 0.463. The van der Waals surface area contributed by atoms with Gasteiger partial charge in [-0.2, -0.15) is 0 Å². The zero-order valence-corrected chi connectivity index (χ0v) is 8.45. The number of nitrogens with one attached hydrogen (secondary N) is 1. The zero-order valence-electron chi connectivity index (χ0n) is 8.45. The van der Waals surface area contributed by atoms with Crippen molar-refractivity contribution in [1.82, 2.24) is 5.32 Å². The van der Waals surface area contributed by atoms with Crippen LogP contribution in [0.1, 0.15) is 20.8 Å². The first kappa shape index (κ1) is 8.82. The van der Waals surface area contributed by atoms with Crippen LogP contribution in [0.3, 0.4) is 0 Å². The number of hydrogen-bond donors (Lipinski definition) is 1.